The van der Waals surface area contributed by atoms with Gasteiger partial charge in [0.2, 0.25) is 0 Å². The van der Waals surface area contributed by atoms with E-state index in [1.165, 1.54) is 11.6 Å². The average molecular weight is 358 g/mol. The standard InChI is InChI=1S/C21H27FN2O2/c1-2-17-7-9-19(10-8-17)26-16-18(25)15-23-11-13-24(14-12-23)21-6-4-3-5-20(21)22/h3-10,18,25H,2,11-16H2,1H3. The number of rotatable bonds is 7. The SMILES string of the molecule is CCc1ccc(OCC(O)CN2CCN(c3ccccc3F)CC2)cc1. The molecule has 1 unspecified atom stereocenters. The number of β-amino-alcohol motifs (C(OH)–C–C–N with tert-alkyl or cyclic N) is 1. The lowest BCUT2D eigenvalue weighted by Gasteiger charge is -2.36. The van der Waals surface area contributed by atoms with Crippen LogP contribution in [0, 0.1) is 5.82 Å². The van der Waals surface area contributed by atoms with Crippen molar-refractivity contribution >= 4 is 5.69 Å². The fourth-order valence-electron chi connectivity index (χ4n) is 3.24. The first kappa shape index (κ1) is 18.7. The average Bonchev–Trinajstić information content (AvgIpc) is 2.68. The number of aliphatic hydroxyl groups excluding tert-OH is 1. The van der Waals surface area contributed by atoms with Crippen molar-refractivity contribution in [1.82, 2.24) is 4.90 Å². The summed E-state index contributed by atoms with van der Waals surface area (Å²) in [5, 5.41) is 10.3. The Kier molecular flexibility index (Phi) is 6.47. The highest BCUT2D eigenvalue weighted by molar-refractivity contribution is 5.48. The molecular formula is C21H27FN2O2. The number of aliphatic hydroxyl groups is 1. The number of hydrogen-bond donors (Lipinski definition) is 1. The molecule has 140 valence electrons. The second-order valence-corrected chi connectivity index (χ2v) is 6.70. The maximum atomic E-state index is 13.9. The molecule has 0 aromatic heterocycles. The third-order valence-corrected chi connectivity index (χ3v) is 4.81. The normalized spacial score (nSPS) is 16.5. The van der Waals surface area contributed by atoms with Gasteiger partial charge in [-0.2, -0.15) is 0 Å². The van der Waals surface area contributed by atoms with Gasteiger partial charge in [-0.1, -0.05) is 31.2 Å². The van der Waals surface area contributed by atoms with Crippen molar-refractivity contribution < 1.29 is 14.2 Å². The number of halogens is 1. The molecule has 1 heterocycles. The molecule has 0 amide bonds. The number of nitrogens with zero attached hydrogens (tertiary/aromatic N) is 2. The largest absolute Gasteiger partial charge is 0.491 e. The van der Waals surface area contributed by atoms with Crippen LogP contribution in [0.3, 0.4) is 0 Å². The van der Waals surface area contributed by atoms with Crippen molar-refractivity contribution in [3.8, 4) is 5.75 Å². The van der Waals surface area contributed by atoms with Gasteiger partial charge in [0.1, 0.15) is 24.3 Å². The summed E-state index contributed by atoms with van der Waals surface area (Å²) in [5.74, 6) is 0.606. The molecule has 1 atom stereocenters. The predicted molar refractivity (Wildman–Crippen MR) is 102 cm³/mol. The highest BCUT2D eigenvalue weighted by Crippen LogP contribution is 2.20. The summed E-state index contributed by atoms with van der Waals surface area (Å²) in [6.45, 7) is 6.08. The second-order valence-electron chi connectivity index (χ2n) is 6.70. The first-order chi connectivity index (χ1) is 12.7. The lowest BCUT2D eigenvalue weighted by Crippen LogP contribution is -2.49. The lowest BCUT2D eigenvalue weighted by atomic mass is 10.2. The molecule has 0 aliphatic carbocycles. The number of aryl methyl sites for hydroxylation is 1. The van der Waals surface area contributed by atoms with Crippen molar-refractivity contribution in [2.24, 2.45) is 0 Å². The van der Waals surface area contributed by atoms with Gasteiger partial charge >= 0.3 is 0 Å². The molecule has 26 heavy (non-hydrogen) atoms. The van der Waals surface area contributed by atoms with Gasteiger partial charge in [0.05, 0.1) is 5.69 Å². The van der Waals surface area contributed by atoms with E-state index >= 15 is 0 Å². The Balaban J connectivity index is 1.41. The molecule has 0 spiro atoms. The lowest BCUT2D eigenvalue weighted by molar-refractivity contribution is 0.0662. The summed E-state index contributed by atoms with van der Waals surface area (Å²) in [6, 6.07) is 14.9. The zero-order valence-electron chi connectivity index (χ0n) is 15.3. The summed E-state index contributed by atoms with van der Waals surface area (Å²) < 4.78 is 19.6. The zero-order chi connectivity index (χ0) is 18.4. The van der Waals surface area contributed by atoms with E-state index in [-0.39, 0.29) is 12.4 Å². The van der Waals surface area contributed by atoms with Crippen LogP contribution in [0.1, 0.15) is 12.5 Å². The second kappa shape index (κ2) is 9.01. The zero-order valence-corrected chi connectivity index (χ0v) is 15.3. The molecule has 3 rings (SSSR count). The number of ether oxygens (including phenoxy) is 1. The highest BCUT2D eigenvalue weighted by atomic mass is 19.1. The van der Waals surface area contributed by atoms with Gasteiger partial charge < -0.3 is 14.7 Å². The van der Waals surface area contributed by atoms with Gasteiger partial charge in [0.15, 0.2) is 0 Å². The minimum absolute atomic E-state index is 0.177. The molecule has 1 aliphatic heterocycles. The Bertz CT molecular complexity index is 685. The smallest absolute Gasteiger partial charge is 0.146 e. The predicted octanol–water partition coefficient (Wildman–Crippen LogP) is 2.95. The first-order valence-corrected chi connectivity index (χ1v) is 9.27. The Morgan fingerprint density at radius 3 is 2.38 bits per heavy atom. The van der Waals surface area contributed by atoms with E-state index in [0.29, 0.717) is 12.2 Å². The molecule has 5 heteroatoms. The van der Waals surface area contributed by atoms with Gasteiger partial charge in [0.25, 0.3) is 0 Å². The summed E-state index contributed by atoms with van der Waals surface area (Å²) in [5.41, 5.74) is 1.93. The maximum Gasteiger partial charge on any atom is 0.146 e. The van der Waals surface area contributed by atoms with Crippen molar-refractivity contribution in [2.75, 3.05) is 44.2 Å². The third kappa shape index (κ3) is 4.96. The molecule has 2 aromatic carbocycles. The van der Waals surface area contributed by atoms with Crippen LogP contribution in [0.25, 0.3) is 0 Å². The number of anilines is 1. The maximum absolute atomic E-state index is 13.9. The van der Waals surface area contributed by atoms with Crippen LogP contribution in [0.2, 0.25) is 0 Å². The van der Waals surface area contributed by atoms with Gasteiger partial charge in [0, 0.05) is 32.7 Å². The summed E-state index contributed by atoms with van der Waals surface area (Å²) >= 11 is 0. The van der Waals surface area contributed by atoms with Crippen LogP contribution in [-0.2, 0) is 6.42 Å². The minimum Gasteiger partial charge on any atom is -0.491 e. The van der Waals surface area contributed by atoms with Crippen LogP contribution in [0.5, 0.6) is 5.75 Å². The van der Waals surface area contributed by atoms with Crippen molar-refractivity contribution in [3.05, 3.63) is 59.9 Å². The fraction of sp³-hybridized carbons (Fsp3) is 0.429. The molecule has 1 N–H and O–H groups in total. The molecule has 0 bridgehead atoms. The van der Waals surface area contributed by atoms with Crippen LogP contribution in [0.15, 0.2) is 48.5 Å². The van der Waals surface area contributed by atoms with Crippen molar-refractivity contribution in [3.63, 3.8) is 0 Å². The number of hydrogen-bond acceptors (Lipinski definition) is 4. The molecule has 1 saturated heterocycles. The van der Waals surface area contributed by atoms with Gasteiger partial charge in [-0.15, -0.1) is 0 Å². The van der Waals surface area contributed by atoms with Crippen molar-refractivity contribution in [1.29, 1.82) is 0 Å². The van der Waals surface area contributed by atoms with Crippen LogP contribution < -0.4 is 9.64 Å². The fourth-order valence-corrected chi connectivity index (χ4v) is 3.24. The van der Waals surface area contributed by atoms with E-state index in [2.05, 4.69) is 16.7 Å². The Labute approximate surface area is 154 Å². The van der Waals surface area contributed by atoms with Crippen LogP contribution in [0.4, 0.5) is 10.1 Å². The molecule has 0 radical (unpaired) electrons. The Morgan fingerprint density at radius 1 is 1.04 bits per heavy atom. The highest BCUT2D eigenvalue weighted by Gasteiger charge is 2.21. The summed E-state index contributed by atoms with van der Waals surface area (Å²) in [7, 11) is 0. The summed E-state index contributed by atoms with van der Waals surface area (Å²) in [6.07, 6.45) is 0.461. The Morgan fingerprint density at radius 2 is 1.73 bits per heavy atom. The molecule has 4 nitrogen and oxygen atoms in total. The van der Waals surface area contributed by atoms with E-state index in [0.717, 1.165) is 38.3 Å². The van der Waals surface area contributed by atoms with Gasteiger partial charge in [-0.3, -0.25) is 4.90 Å². The topological polar surface area (TPSA) is 35.9 Å². The van der Waals surface area contributed by atoms with E-state index in [9.17, 15) is 9.50 Å². The first-order valence-electron chi connectivity index (χ1n) is 9.27. The molecular weight excluding hydrogens is 331 g/mol. The van der Waals surface area contributed by atoms with E-state index < -0.39 is 6.10 Å². The third-order valence-electron chi connectivity index (χ3n) is 4.81. The molecule has 1 aliphatic rings. The molecule has 0 saturated carbocycles. The van der Waals surface area contributed by atoms with Gasteiger partial charge in [-0.25, -0.2) is 4.39 Å². The van der Waals surface area contributed by atoms with E-state index in [1.807, 2.05) is 36.4 Å². The van der Waals surface area contributed by atoms with Crippen LogP contribution >= 0.6 is 0 Å². The number of para-hydroxylation sites is 1. The van der Waals surface area contributed by atoms with E-state index in [1.54, 1.807) is 6.07 Å². The van der Waals surface area contributed by atoms with Gasteiger partial charge in [-0.05, 0) is 36.2 Å². The number of piperazine rings is 1. The van der Waals surface area contributed by atoms with Crippen molar-refractivity contribution in [2.45, 2.75) is 19.4 Å². The van der Waals surface area contributed by atoms with Crippen LogP contribution in [-0.4, -0.2) is 55.4 Å². The van der Waals surface area contributed by atoms with E-state index in [4.69, 9.17) is 4.74 Å². The molecule has 2 aromatic rings. The quantitative estimate of drug-likeness (QED) is 0.826. The summed E-state index contributed by atoms with van der Waals surface area (Å²) in [4.78, 5) is 4.26. The molecule has 1 fully saturated rings. The monoisotopic (exact) mass is 358 g/mol. The Hall–Kier alpha value is -2.11. The minimum atomic E-state index is -0.541. The number of benzene rings is 2.